The molecule has 3 rings (SSSR count). The predicted molar refractivity (Wildman–Crippen MR) is 77.0 cm³/mol. The second kappa shape index (κ2) is 5.16. The Morgan fingerprint density at radius 2 is 2.40 bits per heavy atom. The Labute approximate surface area is 120 Å². The lowest BCUT2D eigenvalue weighted by atomic mass is 10.2. The van der Waals surface area contributed by atoms with Crippen molar-refractivity contribution >= 4 is 33.2 Å². The van der Waals surface area contributed by atoms with E-state index < -0.39 is 6.04 Å². The minimum atomic E-state index is -0.539. The van der Waals surface area contributed by atoms with Crippen LogP contribution in [0, 0.1) is 6.92 Å². The van der Waals surface area contributed by atoms with Gasteiger partial charge in [-0.05, 0) is 32.0 Å². The number of rotatable bonds is 3. The summed E-state index contributed by atoms with van der Waals surface area (Å²) in [4.78, 5) is 16.1. The van der Waals surface area contributed by atoms with E-state index in [0.717, 1.165) is 20.9 Å². The van der Waals surface area contributed by atoms with E-state index in [-0.39, 0.29) is 5.97 Å². The molecule has 0 N–H and O–H groups in total. The van der Waals surface area contributed by atoms with Gasteiger partial charge in [0.2, 0.25) is 0 Å². The van der Waals surface area contributed by atoms with Crippen LogP contribution in [-0.2, 0) is 9.53 Å². The van der Waals surface area contributed by atoms with Gasteiger partial charge in [-0.2, -0.15) is 5.11 Å². The molecule has 2 aromatic rings. The Morgan fingerprint density at radius 3 is 3.20 bits per heavy atom. The molecular weight excluding hydrogens is 276 g/mol. The molecule has 104 valence electrons. The van der Waals surface area contributed by atoms with Crippen molar-refractivity contribution < 1.29 is 9.53 Å². The minimum Gasteiger partial charge on any atom is -0.464 e. The molecule has 1 aromatic carbocycles. The SMILES string of the molecule is CCOC(=O)C1CN(c2ccc3sc(C)nc3c2)N=N1. The van der Waals surface area contributed by atoms with E-state index in [4.69, 9.17) is 4.74 Å². The first-order chi connectivity index (χ1) is 9.67. The molecule has 20 heavy (non-hydrogen) atoms. The number of aromatic nitrogens is 1. The van der Waals surface area contributed by atoms with Crippen LogP contribution in [0.2, 0.25) is 0 Å². The van der Waals surface area contributed by atoms with Crippen molar-refractivity contribution in [2.75, 3.05) is 18.2 Å². The molecule has 0 fully saturated rings. The number of nitrogens with zero attached hydrogens (tertiary/aromatic N) is 4. The van der Waals surface area contributed by atoms with E-state index in [0.29, 0.717) is 13.2 Å². The van der Waals surface area contributed by atoms with Crippen LogP contribution in [-0.4, -0.2) is 30.1 Å². The van der Waals surface area contributed by atoms with Crippen LogP contribution in [0.25, 0.3) is 10.2 Å². The molecule has 1 aliphatic rings. The standard InChI is InChI=1S/C13H14N4O2S/c1-3-19-13(18)11-7-17(16-15-11)9-4-5-12-10(6-9)14-8(2)20-12/h4-6,11H,3,7H2,1-2H3. The summed E-state index contributed by atoms with van der Waals surface area (Å²) in [7, 11) is 0. The molecule has 1 aromatic heterocycles. The topological polar surface area (TPSA) is 67.2 Å². The van der Waals surface area contributed by atoms with Crippen LogP contribution in [0.3, 0.4) is 0 Å². The van der Waals surface area contributed by atoms with Crippen molar-refractivity contribution in [1.29, 1.82) is 0 Å². The van der Waals surface area contributed by atoms with E-state index >= 15 is 0 Å². The molecule has 0 aliphatic carbocycles. The molecule has 6 nitrogen and oxygen atoms in total. The van der Waals surface area contributed by atoms with Crippen molar-refractivity contribution in [3.63, 3.8) is 0 Å². The fourth-order valence-corrected chi connectivity index (χ4v) is 2.88. The maximum Gasteiger partial charge on any atom is 0.334 e. The number of fused-ring (bicyclic) bond motifs is 1. The Morgan fingerprint density at radius 1 is 1.55 bits per heavy atom. The molecule has 0 radical (unpaired) electrons. The molecule has 0 spiro atoms. The van der Waals surface area contributed by atoms with Crippen LogP contribution >= 0.6 is 11.3 Å². The third-order valence-electron chi connectivity index (χ3n) is 2.98. The number of aryl methyl sites for hydroxylation is 1. The van der Waals surface area contributed by atoms with Crippen molar-refractivity contribution in [3.05, 3.63) is 23.2 Å². The summed E-state index contributed by atoms with van der Waals surface area (Å²) in [5, 5.41) is 10.7. The molecule has 1 unspecified atom stereocenters. The number of hydrogen-bond acceptors (Lipinski definition) is 7. The van der Waals surface area contributed by atoms with Crippen LogP contribution in [0.15, 0.2) is 28.5 Å². The van der Waals surface area contributed by atoms with Crippen LogP contribution in [0.4, 0.5) is 5.69 Å². The van der Waals surface area contributed by atoms with E-state index in [2.05, 4.69) is 15.3 Å². The number of carbonyl (C=O) groups excluding carboxylic acids is 1. The summed E-state index contributed by atoms with van der Waals surface area (Å²) in [6, 6.07) is 5.41. The summed E-state index contributed by atoms with van der Waals surface area (Å²) in [5.41, 5.74) is 1.83. The predicted octanol–water partition coefficient (Wildman–Crippen LogP) is 2.72. The lowest BCUT2D eigenvalue weighted by molar-refractivity contribution is -0.144. The average Bonchev–Trinajstić information content (AvgIpc) is 3.02. The first-order valence-electron chi connectivity index (χ1n) is 6.39. The van der Waals surface area contributed by atoms with Gasteiger partial charge in [0, 0.05) is 0 Å². The summed E-state index contributed by atoms with van der Waals surface area (Å²) in [6.45, 7) is 4.53. The number of anilines is 1. The number of thiazole rings is 1. The smallest absolute Gasteiger partial charge is 0.334 e. The van der Waals surface area contributed by atoms with Crippen molar-refractivity contribution in [3.8, 4) is 0 Å². The summed E-state index contributed by atoms with van der Waals surface area (Å²) in [6.07, 6.45) is 0. The van der Waals surface area contributed by atoms with Crippen LogP contribution < -0.4 is 5.01 Å². The summed E-state index contributed by atoms with van der Waals surface area (Å²) >= 11 is 1.66. The van der Waals surface area contributed by atoms with Gasteiger partial charge in [0.1, 0.15) is 0 Å². The Kier molecular flexibility index (Phi) is 3.35. The van der Waals surface area contributed by atoms with Gasteiger partial charge in [0.25, 0.3) is 0 Å². The molecule has 0 amide bonds. The monoisotopic (exact) mass is 290 g/mol. The number of carbonyl (C=O) groups is 1. The van der Waals surface area contributed by atoms with Crippen LogP contribution in [0.5, 0.6) is 0 Å². The minimum absolute atomic E-state index is 0.329. The highest BCUT2D eigenvalue weighted by Crippen LogP contribution is 2.28. The third kappa shape index (κ3) is 2.36. The molecule has 2 heterocycles. The molecule has 0 saturated heterocycles. The second-order valence-corrected chi connectivity index (χ2v) is 5.67. The second-order valence-electron chi connectivity index (χ2n) is 4.44. The third-order valence-corrected chi connectivity index (χ3v) is 3.93. The molecular formula is C13H14N4O2S. The molecule has 0 bridgehead atoms. The zero-order valence-corrected chi connectivity index (χ0v) is 12.1. The fraction of sp³-hybridized carbons (Fsp3) is 0.385. The summed E-state index contributed by atoms with van der Waals surface area (Å²) < 4.78 is 6.10. The number of ether oxygens (including phenoxy) is 1. The molecule has 1 aliphatic heterocycles. The van der Waals surface area contributed by atoms with Gasteiger partial charge in [0.15, 0.2) is 6.04 Å². The molecule has 1 atom stereocenters. The lowest BCUT2D eigenvalue weighted by Crippen LogP contribution is -2.28. The maximum absolute atomic E-state index is 11.6. The zero-order valence-electron chi connectivity index (χ0n) is 11.2. The van der Waals surface area contributed by atoms with E-state index in [1.165, 1.54) is 0 Å². The highest BCUT2D eigenvalue weighted by Gasteiger charge is 2.28. The number of esters is 1. The maximum atomic E-state index is 11.6. The van der Waals surface area contributed by atoms with E-state index in [9.17, 15) is 4.79 Å². The summed E-state index contributed by atoms with van der Waals surface area (Å²) in [5.74, 6) is -0.329. The molecule has 7 heteroatoms. The zero-order chi connectivity index (χ0) is 14.1. The highest BCUT2D eigenvalue weighted by molar-refractivity contribution is 7.18. The highest BCUT2D eigenvalue weighted by atomic mass is 32.1. The molecule has 0 saturated carbocycles. The lowest BCUT2D eigenvalue weighted by Gasteiger charge is -2.13. The Bertz CT molecular complexity index is 682. The van der Waals surface area contributed by atoms with E-state index in [1.54, 1.807) is 23.3 Å². The van der Waals surface area contributed by atoms with Crippen molar-refractivity contribution in [2.24, 2.45) is 10.3 Å². The largest absolute Gasteiger partial charge is 0.464 e. The average molecular weight is 290 g/mol. The Balaban J connectivity index is 1.79. The van der Waals surface area contributed by atoms with Gasteiger partial charge in [-0.1, -0.05) is 5.22 Å². The van der Waals surface area contributed by atoms with E-state index in [1.807, 2.05) is 25.1 Å². The van der Waals surface area contributed by atoms with Crippen LogP contribution in [0.1, 0.15) is 11.9 Å². The van der Waals surface area contributed by atoms with Gasteiger partial charge in [-0.3, -0.25) is 0 Å². The first kappa shape index (κ1) is 13.0. The van der Waals surface area contributed by atoms with Crippen molar-refractivity contribution in [2.45, 2.75) is 19.9 Å². The first-order valence-corrected chi connectivity index (χ1v) is 7.21. The van der Waals surface area contributed by atoms with Gasteiger partial charge in [-0.25, -0.2) is 14.8 Å². The normalized spacial score (nSPS) is 17.9. The Hall–Kier alpha value is -2.02. The van der Waals surface area contributed by atoms with Gasteiger partial charge < -0.3 is 4.74 Å². The number of hydrogen-bond donors (Lipinski definition) is 0. The van der Waals surface area contributed by atoms with Gasteiger partial charge >= 0.3 is 5.97 Å². The van der Waals surface area contributed by atoms with Gasteiger partial charge in [0.05, 0.1) is 34.1 Å². The quantitative estimate of drug-likeness (QED) is 0.815. The number of benzene rings is 1. The fourth-order valence-electron chi connectivity index (χ4n) is 2.07. The van der Waals surface area contributed by atoms with Gasteiger partial charge in [-0.15, -0.1) is 11.3 Å². The van der Waals surface area contributed by atoms with Crippen molar-refractivity contribution in [1.82, 2.24) is 4.98 Å².